The predicted molar refractivity (Wildman–Crippen MR) is 150 cm³/mol. The van der Waals surface area contributed by atoms with Gasteiger partial charge >= 0.3 is 0 Å². The molecule has 192 valence electrons. The first-order chi connectivity index (χ1) is 17.7. The van der Waals surface area contributed by atoms with Gasteiger partial charge in [0.15, 0.2) is 0 Å². The van der Waals surface area contributed by atoms with Gasteiger partial charge in [0.2, 0.25) is 5.88 Å². The fourth-order valence-corrected chi connectivity index (χ4v) is 4.77. The molecule has 1 fully saturated rings. The van der Waals surface area contributed by atoms with E-state index in [-0.39, 0.29) is 0 Å². The minimum atomic E-state index is 0.494. The van der Waals surface area contributed by atoms with Gasteiger partial charge in [-0.2, -0.15) is 4.98 Å². The van der Waals surface area contributed by atoms with Gasteiger partial charge in [-0.25, -0.2) is 0 Å². The van der Waals surface area contributed by atoms with Gasteiger partial charge in [-0.05, 0) is 62.0 Å². The quantitative estimate of drug-likeness (QED) is 0.220. The topological polar surface area (TPSA) is 84.2 Å². The van der Waals surface area contributed by atoms with E-state index in [9.17, 15) is 0 Å². The highest BCUT2D eigenvalue weighted by molar-refractivity contribution is 5.62. The molecule has 1 saturated carbocycles. The Morgan fingerprint density at radius 1 is 0.917 bits per heavy atom. The lowest BCUT2D eigenvalue weighted by molar-refractivity contribution is 0.371. The summed E-state index contributed by atoms with van der Waals surface area (Å²) in [6, 6.07) is 20.9. The van der Waals surface area contributed by atoms with E-state index in [1.807, 2.05) is 30.3 Å². The molecular formula is C30H41N5O. The Morgan fingerprint density at radius 2 is 1.64 bits per heavy atom. The van der Waals surface area contributed by atoms with E-state index in [0.29, 0.717) is 18.1 Å². The molecule has 0 radical (unpaired) electrons. The molecule has 0 bridgehead atoms. The van der Waals surface area contributed by atoms with Crippen LogP contribution < -0.4 is 26.4 Å². The lowest BCUT2D eigenvalue weighted by Crippen LogP contribution is -2.33. The van der Waals surface area contributed by atoms with E-state index < -0.39 is 0 Å². The van der Waals surface area contributed by atoms with Gasteiger partial charge in [0, 0.05) is 36.4 Å². The average Bonchev–Trinajstić information content (AvgIpc) is 2.91. The van der Waals surface area contributed by atoms with Crippen LogP contribution in [0.25, 0.3) is 0 Å². The molecular weight excluding hydrogens is 446 g/mol. The van der Waals surface area contributed by atoms with Crippen LogP contribution in [0.3, 0.4) is 0 Å². The number of benzene rings is 2. The zero-order chi connectivity index (χ0) is 25.0. The number of hydrogen-bond donors (Lipinski definition) is 4. The largest absolute Gasteiger partial charge is 0.439 e. The third-order valence-electron chi connectivity index (χ3n) is 6.84. The maximum atomic E-state index is 6.32. The van der Waals surface area contributed by atoms with Gasteiger partial charge in [-0.15, -0.1) is 0 Å². The summed E-state index contributed by atoms with van der Waals surface area (Å²) in [4.78, 5) is 4.70. The summed E-state index contributed by atoms with van der Waals surface area (Å²) in [6.07, 6.45) is 8.86. The minimum absolute atomic E-state index is 0.494. The Balaban J connectivity index is 1.23. The SMILES string of the molecule is CCc1c(N)cc(Oc2ccccc2)nc1NCc1ccc(CNCCCNC2CCCCC2)cc1. The van der Waals surface area contributed by atoms with E-state index in [4.69, 9.17) is 15.5 Å². The molecule has 36 heavy (non-hydrogen) atoms. The van der Waals surface area contributed by atoms with E-state index in [1.54, 1.807) is 6.07 Å². The summed E-state index contributed by atoms with van der Waals surface area (Å²) < 4.78 is 5.92. The second-order valence-corrected chi connectivity index (χ2v) is 9.63. The molecule has 5 N–H and O–H groups in total. The first kappa shape index (κ1) is 26.0. The number of nitrogen functional groups attached to an aromatic ring is 1. The monoisotopic (exact) mass is 487 g/mol. The van der Waals surface area contributed by atoms with Crippen molar-refractivity contribution in [2.75, 3.05) is 24.1 Å². The molecule has 3 aromatic rings. The van der Waals surface area contributed by atoms with Crippen molar-refractivity contribution in [3.63, 3.8) is 0 Å². The Kier molecular flexibility index (Phi) is 10.0. The van der Waals surface area contributed by atoms with Gasteiger partial charge in [0.05, 0.1) is 0 Å². The second kappa shape index (κ2) is 13.9. The van der Waals surface area contributed by atoms with Crippen LogP contribution in [0.1, 0.15) is 62.1 Å². The van der Waals surface area contributed by atoms with E-state index in [0.717, 1.165) is 49.2 Å². The summed E-state index contributed by atoms with van der Waals surface area (Å²) >= 11 is 0. The number of ether oxygens (including phenoxy) is 1. The number of anilines is 2. The number of rotatable bonds is 13. The summed E-state index contributed by atoms with van der Waals surface area (Å²) in [5.74, 6) is 2.01. The molecule has 0 saturated heterocycles. The Morgan fingerprint density at radius 3 is 2.36 bits per heavy atom. The third-order valence-corrected chi connectivity index (χ3v) is 6.84. The van der Waals surface area contributed by atoms with Crippen molar-refractivity contribution < 1.29 is 4.74 Å². The van der Waals surface area contributed by atoms with Gasteiger partial charge < -0.3 is 26.4 Å². The van der Waals surface area contributed by atoms with Crippen molar-refractivity contribution in [2.45, 2.75) is 71.0 Å². The molecule has 6 nitrogen and oxygen atoms in total. The number of hydrogen-bond acceptors (Lipinski definition) is 6. The van der Waals surface area contributed by atoms with Crippen molar-refractivity contribution in [3.8, 4) is 11.6 Å². The van der Waals surface area contributed by atoms with Crippen molar-refractivity contribution in [3.05, 3.63) is 77.4 Å². The number of aromatic nitrogens is 1. The van der Waals surface area contributed by atoms with Crippen molar-refractivity contribution in [1.82, 2.24) is 15.6 Å². The molecule has 0 unspecified atom stereocenters. The molecule has 4 rings (SSSR count). The molecule has 0 aliphatic heterocycles. The number of pyridine rings is 1. The first-order valence-corrected chi connectivity index (χ1v) is 13.5. The zero-order valence-electron chi connectivity index (χ0n) is 21.6. The minimum Gasteiger partial charge on any atom is -0.439 e. The van der Waals surface area contributed by atoms with Gasteiger partial charge in [0.1, 0.15) is 11.6 Å². The number of nitrogens with two attached hydrogens (primary N) is 1. The van der Waals surface area contributed by atoms with Crippen LogP contribution in [0.15, 0.2) is 60.7 Å². The van der Waals surface area contributed by atoms with Crippen LogP contribution in [-0.4, -0.2) is 24.1 Å². The van der Waals surface area contributed by atoms with E-state index >= 15 is 0 Å². The van der Waals surface area contributed by atoms with Gasteiger partial charge in [0.25, 0.3) is 0 Å². The molecule has 1 aliphatic rings. The molecule has 1 heterocycles. The smallest absolute Gasteiger partial charge is 0.223 e. The van der Waals surface area contributed by atoms with Gasteiger partial charge in [-0.1, -0.05) is 68.7 Å². The number of para-hydroxylation sites is 1. The summed E-state index contributed by atoms with van der Waals surface area (Å²) in [5, 5.41) is 10.8. The standard InChI is InChI=1S/C30H41N5O/c1-2-27-28(31)20-29(36-26-12-7-4-8-13-26)35-30(27)34-22-24-16-14-23(15-17-24)21-32-18-9-19-33-25-10-5-3-6-11-25/h4,7-8,12-17,20,25,32-33H,2-3,5-6,9-11,18-19,21-22H2,1H3,(H3,31,34,35). The maximum absolute atomic E-state index is 6.32. The van der Waals surface area contributed by atoms with Gasteiger partial charge in [-0.3, -0.25) is 0 Å². The Hall–Kier alpha value is -3.09. The van der Waals surface area contributed by atoms with Crippen LogP contribution in [0, 0.1) is 0 Å². The Labute approximate surface area is 216 Å². The fourth-order valence-electron chi connectivity index (χ4n) is 4.77. The normalized spacial score (nSPS) is 14.0. The van der Waals surface area contributed by atoms with Crippen LogP contribution >= 0.6 is 0 Å². The van der Waals surface area contributed by atoms with Crippen molar-refractivity contribution in [1.29, 1.82) is 0 Å². The molecule has 0 amide bonds. The average molecular weight is 488 g/mol. The fraction of sp³-hybridized carbons (Fsp3) is 0.433. The highest BCUT2D eigenvalue weighted by Crippen LogP contribution is 2.29. The molecule has 0 atom stereocenters. The second-order valence-electron chi connectivity index (χ2n) is 9.63. The summed E-state index contributed by atoms with van der Waals surface area (Å²) in [6.45, 7) is 5.81. The number of nitrogens with zero attached hydrogens (tertiary/aromatic N) is 1. The lowest BCUT2D eigenvalue weighted by atomic mass is 9.95. The Bertz CT molecular complexity index is 1050. The zero-order valence-corrected chi connectivity index (χ0v) is 21.6. The molecule has 0 spiro atoms. The van der Waals surface area contributed by atoms with E-state index in [2.05, 4.69) is 47.1 Å². The van der Waals surface area contributed by atoms with Crippen molar-refractivity contribution in [2.24, 2.45) is 0 Å². The third kappa shape index (κ3) is 7.97. The molecule has 2 aromatic carbocycles. The first-order valence-electron chi connectivity index (χ1n) is 13.5. The highest BCUT2D eigenvalue weighted by atomic mass is 16.5. The molecule has 6 heteroatoms. The maximum Gasteiger partial charge on any atom is 0.223 e. The van der Waals surface area contributed by atoms with Crippen molar-refractivity contribution >= 4 is 11.5 Å². The van der Waals surface area contributed by atoms with E-state index in [1.165, 1.54) is 49.7 Å². The summed E-state index contributed by atoms with van der Waals surface area (Å²) in [5.41, 5.74) is 10.5. The molecule has 1 aromatic heterocycles. The number of nitrogens with one attached hydrogen (secondary N) is 3. The highest BCUT2D eigenvalue weighted by Gasteiger charge is 2.12. The predicted octanol–water partition coefficient (Wildman–Crippen LogP) is 6.03. The van der Waals surface area contributed by atoms with Crippen LogP contribution in [0.2, 0.25) is 0 Å². The van der Waals surface area contributed by atoms with Crippen LogP contribution in [-0.2, 0) is 19.5 Å². The molecule has 1 aliphatic carbocycles. The van der Waals surface area contributed by atoms with Crippen LogP contribution in [0.4, 0.5) is 11.5 Å². The lowest BCUT2D eigenvalue weighted by Gasteiger charge is -2.22. The summed E-state index contributed by atoms with van der Waals surface area (Å²) in [7, 11) is 0. The van der Waals surface area contributed by atoms with Crippen LogP contribution in [0.5, 0.6) is 11.6 Å².